The number of halogens is 1. The molecule has 5 heteroatoms. The molecule has 0 spiro atoms. The van der Waals surface area contributed by atoms with Crippen LogP contribution in [0.1, 0.15) is 23.0 Å². The third kappa shape index (κ3) is 3.35. The molecular formula is C14H15ClN2O2. The number of Topliss-reactive ketones (excluding diaryl/α,β-unsaturated/α-hetero) is 1. The maximum Gasteiger partial charge on any atom is 0.184 e. The number of nitrogens with zero attached hydrogens (tertiary/aromatic N) is 2. The Bertz CT molecular complexity index is 556. The second-order valence-corrected chi connectivity index (χ2v) is 4.55. The summed E-state index contributed by atoms with van der Waals surface area (Å²) in [5.74, 6) is 0.749. The van der Waals surface area contributed by atoms with E-state index in [-0.39, 0.29) is 12.3 Å². The number of hydrogen-bond donors (Lipinski definition) is 0. The number of ether oxygens (including phenoxy) is 1. The van der Waals surface area contributed by atoms with Gasteiger partial charge in [0, 0.05) is 11.8 Å². The molecule has 1 heterocycles. The van der Waals surface area contributed by atoms with Gasteiger partial charge in [-0.3, -0.25) is 9.48 Å². The highest BCUT2D eigenvalue weighted by molar-refractivity contribution is 6.31. The average Bonchev–Trinajstić information content (AvgIpc) is 2.69. The minimum atomic E-state index is -0.0118. The Kier molecular flexibility index (Phi) is 4.22. The molecule has 0 unspecified atom stereocenters. The molecule has 0 N–H and O–H groups in total. The van der Waals surface area contributed by atoms with Crippen molar-refractivity contribution in [2.75, 3.05) is 6.61 Å². The van der Waals surface area contributed by atoms with E-state index < -0.39 is 0 Å². The molecular weight excluding hydrogens is 264 g/mol. The van der Waals surface area contributed by atoms with E-state index in [0.29, 0.717) is 17.2 Å². The fourth-order valence-corrected chi connectivity index (χ4v) is 1.87. The second kappa shape index (κ2) is 5.89. The Morgan fingerprint density at radius 2 is 2.05 bits per heavy atom. The zero-order valence-corrected chi connectivity index (χ0v) is 11.6. The molecule has 0 bridgehead atoms. The van der Waals surface area contributed by atoms with Gasteiger partial charge in [-0.05, 0) is 38.1 Å². The van der Waals surface area contributed by atoms with Gasteiger partial charge in [0.1, 0.15) is 12.3 Å². The third-order valence-corrected chi connectivity index (χ3v) is 3.05. The van der Waals surface area contributed by atoms with E-state index in [9.17, 15) is 4.79 Å². The normalized spacial score (nSPS) is 10.5. The first-order valence-electron chi connectivity index (χ1n) is 6.05. The van der Waals surface area contributed by atoms with Crippen molar-refractivity contribution in [1.29, 1.82) is 0 Å². The highest BCUT2D eigenvalue weighted by atomic mass is 35.5. The average molecular weight is 279 g/mol. The van der Waals surface area contributed by atoms with Gasteiger partial charge < -0.3 is 4.74 Å². The van der Waals surface area contributed by atoms with Gasteiger partial charge in [0.05, 0.1) is 17.3 Å². The maximum absolute atomic E-state index is 12.1. The van der Waals surface area contributed by atoms with Crippen LogP contribution in [0, 0.1) is 6.92 Å². The van der Waals surface area contributed by atoms with Crippen LogP contribution in [0.4, 0.5) is 0 Å². The quantitative estimate of drug-likeness (QED) is 0.789. The summed E-state index contributed by atoms with van der Waals surface area (Å²) in [6.45, 7) is 4.52. The standard InChI is InChI=1S/C14H15ClN2O2/c1-3-19-12-6-4-11(5-7-12)14(18)9-17-8-13(15)10(2)16-17/h4-8H,3,9H2,1-2H3. The molecule has 1 aromatic heterocycles. The zero-order chi connectivity index (χ0) is 13.8. The fraction of sp³-hybridized carbons (Fsp3) is 0.286. The number of ketones is 1. The number of aromatic nitrogens is 2. The van der Waals surface area contributed by atoms with Crippen LogP contribution < -0.4 is 4.74 Å². The molecule has 0 amide bonds. The lowest BCUT2D eigenvalue weighted by Crippen LogP contribution is -2.11. The predicted octanol–water partition coefficient (Wildman–Crippen LogP) is 3.13. The van der Waals surface area contributed by atoms with Gasteiger partial charge in [-0.15, -0.1) is 0 Å². The van der Waals surface area contributed by atoms with E-state index in [1.54, 1.807) is 42.1 Å². The van der Waals surface area contributed by atoms with Gasteiger partial charge in [-0.2, -0.15) is 5.10 Å². The highest BCUT2D eigenvalue weighted by Gasteiger charge is 2.09. The van der Waals surface area contributed by atoms with Gasteiger partial charge in [-0.25, -0.2) is 0 Å². The third-order valence-electron chi connectivity index (χ3n) is 2.68. The van der Waals surface area contributed by atoms with Crippen molar-refractivity contribution >= 4 is 17.4 Å². The maximum atomic E-state index is 12.1. The number of rotatable bonds is 5. The Labute approximate surface area is 116 Å². The molecule has 0 saturated carbocycles. The van der Waals surface area contributed by atoms with Gasteiger partial charge in [0.15, 0.2) is 5.78 Å². The minimum Gasteiger partial charge on any atom is -0.494 e. The summed E-state index contributed by atoms with van der Waals surface area (Å²) < 4.78 is 6.88. The Balaban J connectivity index is 2.07. The summed E-state index contributed by atoms with van der Waals surface area (Å²) in [6, 6.07) is 7.09. The number of hydrogen-bond acceptors (Lipinski definition) is 3. The molecule has 2 rings (SSSR count). The SMILES string of the molecule is CCOc1ccc(C(=O)Cn2cc(Cl)c(C)n2)cc1. The van der Waals surface area contributed by atoms with Crippen molar-refractivity contribution in [3.8, 4) is 5.75 Å². The van der Waals surface area contributed by atoms with Crippen molar-refractivity contribution in [3.63, 3.8) is 0 Å². The first kappa shape index (κ1) is 13.6. The zero-order valence-electron chi connectivity index (χ0n) is 10.9. The first-order valence-corrected chi connectivity index (χ1v) is 6.43. The van der Waals surface area contributed by atoms with Crippen LogP contribution in [0.3, 0.4) is 0 Å². The highest BCUT2D eigenvalue weighted by Crippen LogP contribution is 2.15. The molecule has 2 aromatic rings. The van der Waals surface area contributed by atoms with Crippen molar-refractivity contribution in [3.05, 3.63) is 46.7 Å². The second-order valence-electron chi connectivity index (χ2n) is 4.14. The summed E-state index contributed by atoms with van der Waals surface area (Å²) >= 11 is 5.90. The van der Waals surface area contributed by atoms with Gasteiger partial charge in [0.25, 0.3) is 0 Å². The first-order chi connectivity index (χ1) is 9.10. The number of benzene rings is 1. The molecule has 0 atom stereocenters. The van der Waals surface area contributed by atoms with E-state index in [4.69, 9.17) is 16.3 Å². The van der Waals surface area contributed by atoms with Crippen LogP contribution >= 0.6 is 11.6 Å². The summed E-state index contributed by atoms with van der Waals surface area (Å²) in [6.07, 6.45) is 1.66. The van der Waals surface area contributed by atoms with Crippen molar-refractivity contribution in [1.82, 2.24) is 9.78 Å². The Morgan fingerprint density at radius 3 is 2.58 bits per heavy atom. The lowest BCUT2D eigenvalue weighted by molar-refractivity contribution is 0.0967. The summed E-state index contributed by atoms with van der Waals surface area (Å²) in [7, 11) is 0. The van der Waals surface area contributed by atoms with Crippen LogP contribution in [0.2, 0.25) is 5.02 Å². The molecule has 0 aliphatic heterocycles. The van der Waals surface area contributed by atoms with E-state index in [0.717, 1.165) is 11.4 Å². The van der Waals surface area contributed by atoms with Crippen molar-refractivity contribution < 1.29 is 9.53 Å². The molecule has 100 valence electrons. The van der Waals surface area contributed by atoms with Crippen LogP contribution in [-0.2, 0) is 6.54 Å². The van der Waals surface area contributed by atoms with Crippen LogP contribution in [0.25, 0.3) is 0 Å². The molecule has 0 aliphatic carbocycles. The number of aryl methyl sites for hydroxylation is 1. The van der Waals surface area contributed by atoms with Crippen LogP contribution in [-0.4, -0.2) is 22.2 Å². The van der Waals surface area contributed by atoms with Crippen LogP contribution in [0.15, 0.2) is 30.5 Å². The molecule has 19 heavy (non-hydrogen) atoms. The number of carbonyl (C=O) groups excluding carboxylic acids is 1. The minimum absolute atomic E-state index is 0.0118. The Morgan fingerprint density at radius 1 is 1.37 bits per heavy atom. The lowest BCUT2D eigenvalue weighted by Gasteiger charge is -2.04. The van der Waals surface area contributed by atoms with Crippen molar-refractivity contribution in [2.45, 2.75) is 20.4 Å². The van der Waals surface area contributed by atoms with E-state index >= 15 is 0 Å². The van der Waals surface area contributed by atoms with Gasteiger partial charge in [-0.1, -0.05) is 11.6 Å². The fourth-order valence-electron chi connectivity index (χ4n) is 1.72. The summed E-state index contributed by atoms with van der Waals surface area (Å²) in [5.41, 5.74) is 1.36. The van der Waals surface area contributed by atoms with Gasteiger partial charge >= 0.3 is 0 Å². The molecule has 4 nitrogen and oxygen atoms in total. The predicted molar refractivity (Wildman–Crippen MR) is 73.9 cm³/mol. The number of carbonyl (C=O) groups is 1. The summed E-state index contributed by atoms with van der Waals surface area (Å²) in [4.78, 5) is 12.1. The van der Waals surface area contributed by atoms with E-state index in [2.05, 4.69) is 5.10 Å². The smallest absolute Gasteiger partial charge is 0.184 e. The van der Waals surface area contributed by atoms with Crippen molar-refractivity contribution in [2.24, 2.45) is 0 Å². The molecule has 0 fully saturated rings. The van der Waals surface area contributed by atoms with E-state index in [1.807, 2.05) is 6.92 Å². The molecule has 1 aromatic carbocycles. The molecule has 0 aliphatic rings. The molecule has 0 saturated heterocycles. The summed E-state index contributed by atoms with van der Waals surface area (Å²) in [5, 5.41) is 4.73. The lowest BCUT2D eigenvalue weighted by atomic mass is 10.1. The van der Waals surface area contributed by atoms with Crippen LogP contribution in [0.5, 0.6) is 5.75 Å². The monoisotopic (exact) mass is 278 g/mol. The molecule has 0 radical (unpaired) electrons. The van der Waals surface area contributed by atoms with E-state index in [1.165, 1.54) is 0 Å². The Hall–Kier alpha value is -1.81. The van der Waals surface area contributed by atoms with Gasteiger partial charge in [0.2, 0.25) is 0 Å². The largest absolute Gasteiger partial charge is 0.494 e. The topological polar surface area (TPSA) is 44.1 Å².